The third-order valence-corrected chi connectivity index (χ3v) is 4.31. The molecule has 134 valence electrons. The quantitative estimate of drug-likeness (QED) is 0.684. The van der Waals surface area contributed by atoms with Crippen molar-refractivity contribution >= 4 is 22.4 Å². The van der Waals surface area contributed by atoms with Gasteiger partial charge in [0.2, 0.25) is 0 Å². The molecule has 0 fully saturated rings. The van der Waals surface area contributed by atoms with Crippen LogP contribution in [-0.4, -0.2) is 31.7 Å². The monoisotopic (exact) mass is 370 g/mol. The zero-order chi connectivity index (χ0) is 18.4. The van der Waals surface area contributed by atoms with Crippen molar-refractivity contribution in [2.75, 3.05) is 26.1 Å². The number of methoxy groups -OCH3 is 2. The Morgan fingerprint density at radius 2 is 1.88 bits per heavy atom. The first kappa shape index (κ1) is 17.8. The molecule has 7 heteroatoms. The van der Waals surface area contributed by atoms with Crippen LogP contribution in [0.5, 0.6) is 17.2 Å². The summed E-state index contributed by atoms with van der Waals surface area (Å²) < 4.78 is 16.0. The van der Waals surface area contributed by atoms with E-state index in [2.05, 4.69) is 10.3 Å². The van der Waals surface area contributed by atoms with Gasteiger partial charge in [0.1, 0.15) is 17.2 Å². The Labute approximate surface area is 155 Å². The maximum absolute atomic E-state index is 12.0. The van der Waals surface area contributed by atoms with E-state index in [9.17, 15) is 4.79 Å². The summed E-state index contributed by atoms with van der Waals surface area (Å²) in [5, 5.41) is 5.10. The number of benzene rings is 2. The van der Waals surface area contributed by atoms with Gasteiger partial charge in [-0.05, 0) is 24.3 Å². The van der Waals surface area contributed by atoms with Crippen LogP contribution in [0, 0.1) is 0 Å². The topological polar surface area (TPSA) is 69.7 Å². The third-order valence-electron chi connectivity index (χ3n) is 3.55. The number of ether oxygens (including phenoxy) is 3. The van der Waals surface area contributed by atoms with Crippen molar-refractivity contribution in [3.05, 3.63) is 53.9 Å². The third kappa shape index (κ3) is 4.31. The van der Waals surface area contributed by atoms with E-state index < -0.39 is 0 Å². The Hall–Kier alpha value is -3.06. The number of carbonyl (C=O) groups excluding carboxylic acids is 1. The molecule has 6 nitrogen and oxygen atoms in total. The summed E-state index contributed by atoms with van der Waals surface area (Å²) in [6.45, 7) is -0.0786. The molecule has 0 saturated carbocycles. The number of thiazole rings is 1. The summed E-state index contributed by atoms with van der Waals surface area (Å²) in [5.41, 5.74) is 1.54. The second-order valence-corrected chi connectivity index (χ2v) is 6.11. The highest BCUT2D eigenvalue weighted by molar-refractivity contribution is 7.14. The van der Waals surface area contributed by atoms with E-state index in [1.54, 1.807) is 32.4 Å². The largest absolute Gasteiger partial charge is 0.497 e. The lowest BCUT2D eigenvalue weighted by molar-refractivity contribution is -0.118. The molecule has 0 atom stereocenters. The van der Waals surface area contributed by atoms with E-state index in [1.807, 2.05) is 35.7 Å². The van der Waals surface area contributed by atoms with Gasteiger partial charge in [-0.2, -0.15) is 0 Å². The average Bonchev–Trinajstić information content (AvgIpc) is 3.14. The van der Waals surface area contributed by atoms with Crippen LogP contribution >= 0.6 is 11.3 Å². The number of aromatic nitrogens is 1. The van der Waals surface area contributed by atoms with Gasteiger partial charge < -0.3 is 14.2 Å². The molecule has 26 heavy (non-hydrogen) atoms. The van der Waals surface area contributed by atoms with Crippen molar-refractivity contribution in [1.82, 2.24) is 4.98 Å². The van der Waals surface area contributed by atoms with Crippen LogP contribution in [0.15, 0.2) is 53.9 Å². The van der Waals surface area contributed by atoms with Crippen molar-refractivity contribution in [2.45, 2.75) is 0 Å². The molecule has 0 radical (unpaired) electrons. The fourth-order valence-electron chi connectivity index (χ4n) is 2.29. The van der Waals surface area contributed by atoms with Gasteiger partial charge in [-0.25, -0.2) is 4.98 Å². The fourth-order valence-corrected chi connectivity index (χ4v) is 3.01. The highest BCUT2D eigenvalue weighted by atomic mass is 32.1. The molecular weight excluding hydrogens is 352 g/mol. The predicted octanol–water partition coefficient (Wildman–Crippen LogP) is 3.84. The van der Waals surface area contributed by atoms with Crippen molar-refractivity contribution in [1.29, 1.82) is 0 Å². The van der Waals surface area contributed by atoms with Crippen molar-refractivity contribution < 1.29 is 19.0 Å². The standard InChI is InChI=1S/C19H18N2O4S/c1-23-14-8-9-15(17(10-14)24-2)16-12-26-19(20-16)21-18(22)11-25-13-6-4-3-5-7-13/h3-10,12H,11H2,1-2H3,(H,20,21,22). The Bertz CT molecular complexity index is 880. The molecule has 0 aliphatic heterocycles. The van der Waals surface area contributed by atoms with Crippen molar-refractivity contribution in [3.8, 4) is 28.5 Å². The Morgan fingerprint density at radius 3 is 2.62 bits per heavy atom. The number of nitrogens with zero attached hydrogens (tertiary/aromatic N) is 1. The van der Waals surface area contributed by atoms with Crippen LogP contribution in [0.2, 0.25) is 0 Å². The van der Waals surface area contributed by atoms with Gasteiger partial charge in [-0.15, -0.1) is 11.3 Å². The predicted molar refractivity (Wildman–Crippen MR) is 101 cm³/mol. The Morgan fingerprint density at radius 1 is 1.08 bits per heavy atom. The van der Waals surface area contributed by atoms with Crippen LogP contribution < -0.4 is 19.5 Å². The minimum atomic E-state index is -0.267. The van der Waals surface area contributed by atoms with E-state index in [1.165, 1.54) is 11.3 Å². The van der Waals surface area contributed by atoms with Gasteiger partial charge >= 0.3 is 0 Å². The maximum Gasteiger partial charge on any atom is 0.264 e. The van der Waals surface area contributed by atoms with E-state index in [-0.39, 0.29) is 12.5 Å². The minimum Gasteiger partial charge on any atom is -0.497 e. The minimum absolute atomic E-state index is 0.0786. The maximum atomic E-state index is 12.0. The molecule has 0 spiro atoms. The molecule has 2 aromatic carbocycles. The molecule has 1 amide bonds. The van der Waals surface area contributed by atoms with E-state index >= 15 is 0 Å². The molecule has 1 heterocycles. The number of nitrogens with one attached hydrogen (secondary N) is 1. The number of anilines is 1. The molecule has 0 aliphatic carbocycles. The van der Waals surface area contributed by atoms with Gasteiger partial charge in [-0.1, -0.05) is 18.2 Å². The molecule has 0 unspecified atom stereocenters. The van der Waals surface area contributed by atoms with Crippen molar-refractivity contribution in [2.24, 2.45) is 0 Å². The Kier molecular flexibility index (Phi) is 5.70. The molecule has 0 aliphatic rings. The normalized spacial score (nSPS) is 10.2. The summed E-state index contributed by atoms with van der Waals surface area (Å²) in [6.07, 6.45) is 0. The lowest BCUT2D eigenvalue weighted by Crippen LogP contribution is -2.20. The van der Waals surface area contributed by atoms with Gasteiger partial charge in [0, 0.05) is 17.0 Å². The smallest absolute Gasteiger partial charge is 0.264 e. The SMILES string of the molecule is COc1ccc(-c2csc(NC(=O)COc3ccccc3)n2)c(OC)c1. The number of hydrogen-bond acceptors (Lipinski definition) is 6. The lowest BCUT2D eigenvalue weighted by Gasteiger charge is -2.08. The first-order valence-corrected chi connectivity index (χ1v) is 8.73. The van der Waals surface area contributed by atoms with E-state index in [0.717, 1.165) is 5.56 Å². The second-order valence-electron chi connectivity index (χ2n) is 5.25. The van der Waals surface area contributed by atoms with Crippen LogP contribution in [0.4, 0.5) is 5.13 Å². The number of carbonyl (C=O) groups is 1. The second kappa shape index (κ2) is 8.35. The molecule has 3 aromatic rings. The highest BCUT2D eigenvalue weighted by Gasteiger charge is 2.13. The first-order chi connectivity index (χ1) is 12.7. The number of hydrogen-bond donors (Lipinski definition) is 1. The van der Waals surface area contributed by atoms with E-state index in [0.29, 0.717) is 28.1 Å². The van der Waals surface area contributed by atoms with Crippen LogP contribution in [0.25, 0.3) is 11.3 Å². The summed E-state index contributed by atoms with van der Waals surface area (Å²) in [4.78, 5) is 16.5. The van der Waals surface area contributed by atoms with Gasteiger partial charge in [0.15, 0.2) is 11.7 Å². The van der Waals surface area contributed by atoms with Gasteiger partial charge in [0.05, 0.1) is 19.9 Å². The zero-order valence-corrected chi connectivity index (χ0v) is 15.2. The van der Waals surface area contributed by atoms with Gasteiger partial charge in [-0.3, -0.25) is 10.1 Å². The molecule has 1 N–H and O–H groups in total. The molecular formula is C19H18N2O4S. The number of rotatable bonds is 7. The van der Waals surface area contributed by atoms with Crippen LogP contribution in [-0.2, 0) is 4.79 Å². The fraction of sp³-hybridized carbons (Fsp3) is 0.158. The first-order valence-electron chi connectivity index (χ1n) is 7.85. The summed E-state index contributed by atoms with van der Waals surface area (Å²) >= 11 is 1.34. The van der Waals surface area contributed by atoms with Crippen molar-refractivity contribution in [3.63, 3.8) is 0 Å². The zero-order valence-electron chi connectivity index (χ0n) is 14.4. The summed E-state index contributed by atoms with van der Waals surface area (Å²) in [5.74, 6) is 1.73. The number of amides is 1. The highest BCUT2D eigenvalue weighted by Crippen LogP contribution is 2.34. The molecule has 0 bridgehead atoms. The van der Waals surface area contributed by atoms with Gasteiger partial charge in [0.25, 0.3) is 5.91 Å². The van der Waals surface area contributed by atoms with E-state index in [4.69, 9.17) is 14.2 Å². The molecule has 0 saturated heterocycles. The summed E-state index contributed by atoms with van der Waals surface area (Å²) in [7, 11) is 3.19. The van der Waals surface area contributed by atoms with Crippen LogP contribution in [0.1, 0.15) is 0 Å². The Balaban J connectivity index is 1.65. The van der Waals surface area contributed by atoms with Crippen LogP contribution in [0.3, 0.4) is 0 Å². The average molecular weight is 370 g/mol. The number of para-hydroxylation sites is 1. The summed E-state index contributed by atoms with van der Waals surface area (Å²) in [6, 6.07) is 14.7. The molecule has 3 rings (SSSR count). The lowest BCUT2D eigenvalue weighted by atomic mass is 10.1. The molecule has 1 aromatic heterocycles.